The number of aryl methyl sites for hydroxylation is 2. The summed E-state index contributed by atoms with van der Waals surface area (Å²) in [6, 6.07) is 8.33. The van der Waals surface area contributed by atoms with Crippen LogP contribution in [0.15, 0.2) is 30.3 Å². The Balaban J connectivity index is 1.69. The van der Waals surface area contributed by atoms with Gasteiger partial charge in [0.15, 0.2) is 0 Å². The molecule has 152 valence electrons. The number of nitrogens with zero attached hydrogens (tertiary/aromatic N) is 2. The van der Waals surface area contributed by atoms with Crippen LogP contribution in [0, 0.1) is 6.92 Å². The van der Waals surface area contributed by atoms with Crippen molar-refractivity contribution in [2.24, 2.45) is 0 Å². The third kappa shape index (κ3) is 4.89. The zero-order valence-electron chi connectivity index (χ0n) is 16.7. The third-order valence-corrected chi connectivity index (χ3v) is 5.77. The highest BCUT2D eigenvalue weighted by Gasteiger charge is 2.18. The lowest BCUT2D eigenvalue weighted by Crippen LogP contribution is -2.40. The molecule has 0 aliphatic heterocycles. The lowest BCUT2D eigenvalue weighted by atomic mass is 10.1. The second kappa shape index (κ2) is 9.00. The van der Waals surface area contributed by atoms with Crippen LogP contribution in [0.1, 0.15) is 46.9 Å². The summed E-state index contributed by atoms with van der Waals surface area (Å²) in [5.41, 5.74) is 1.42. The molecule has 0 radical (unpaired) electrons. The summed E-state index contributed by atoms with van der Waals surface area (Å²) in [5.74, 6) is 0.1000. The molecule has 1 atom stereocenters. The molecule has 0 spiro atoms. The fourth-order valence-electron chi connectivity index (χ4n) is 2.93. The molecule has 1 amide bonds. The van der Waals surface area contributed by atoms with Gasteiger partial charge >= 0.3 is 5.97 Å². The van der Waals surface area contributed by atoms with Crippen LogP contribution in [0.25, 0.3) is 10.2 Å². The van der Waals surface area contributed by atoms with Gasteiger partial charge in [-0.15, -0.1) is 11.3 Å². The Labute approximate surface area is 173 Å². The van der Waals surface area contributed by atoms with Gasteiger partial charge in [-0.05, 0) is 43.5 Å². The van der Waals surface area contributed by atoms with Gasteiger partial charge in [0, 0.05) is 17.0 Å². The summed E-state index contributed by atoms with van der Waals surface area (Å²) in [5, 5.41) is 16.0. The lowest BCUT2D eigenvalue weighted by molar-refractivity contribution is -0.139. The van der Waals surface area contributed by atoms with E-state index in [2.05, 4.69) is 33.6 Å². The number of thiophene rings is 1. The average molecular weight is 413 g/mol. The minimum Gasteiger partial charge on any atom is -0.480 e. The van der Waals surface area contributed by atoms with Gasteiger partial charge in [-0.3, -0.25) is 4.79 Å². The van der Waals surface area contributed by atoms with Gasteiger partial charge < -0.3 is 15.7 Å². The van der Waals surface area contributed by atoms with Gasteiger partial charge in [-0.1, -0.05) is 26.0 Å². The fraction of sp³-hybridized carbons (Fsp3) is 0.333. The predicted molar refractivity (Wildman–Crippen MR) is 114 cm³/mol. The zero-order valence-corrected chi connectivity index (χ0v) is 17.5. The quantitative estimate of drug-likeness (QED) is 0.520. The van der Waals surface area contributed by atoms with Crippen molar-refractivity contribution in [3.05, 3.63) is 52.2 Å². The maximum Gasteiger partial charge on any atom is 0.326 e. The van der Waals surface area contributed by atoms with Gasteiger partial charge in [0.25, 0.3) is 5.91 Å². The van der Waals surface area contributed by atoms with Crippen molar-refractivity contribution in [1.82, 2.24) is 15.3 Å². The summed E-state index contributed by atoms with van der Waals surface area (Å²) >= 11 is 1.68. The summed E-state index contributed by atoms with van der Waals surface area (Å²) in [7, 11) is 0. The van der Waals surface area contributed by atoms with Crippen LogP contribution in [-0.2, 0) is 17.8 Å². The fourth-order valence-corrected chi connectivity index (χ4v) is 3.94. The minimum atomic E-state index is -1.03. The molecule has 29 heavy (non-hydrogen) atoms. The SMILES string of the molecule is CCc1cc2c(NCc3ccc(C(=O)NC(CC)C(=O)O)cc3)nc(C)nc2s1. The largest absolute Gasteiger partial charge is 0.480 e. The van der Waals surface area contributed by atoms with E-state index in [-0.39, 0.29) is 0 Å². The second-order valence-electron chi connectivity index (χ2n) is 6.73. The summed E-state index contributed by atoms with van der Waals surface area (Å²) < 4.78 is 0. The first-order valence-corrected chi connectivity index (χ1v) is 10.4. The Morgan fingerprint density at radius 3 is 2.52 bits per heavy atom. The molecular formula is C21H24N4O3S. The van der Waals surface area contributed by atoms with Gasteiger partial charge in [0.1, 0.15) is 22.5 Å². The Bertz CT molecular complexity index is 1030. The van der Waals surface area contributed by atoms with Crippen LogP contribution < -0.4 is 10.6 Å². The smallest absolute Gasteiger partial charge is 0.326 e. The number of carboxylic acids is 1. The number of anilines is 1. The molecule has 3 aromatic rings. The number of rotatable bonds is 8. The molecule has 3 rings (SSSR count). The number of nitrogens with one attached hydrogen (secondary N) is 2. The Kier molecular flexibility index (Phi) is 6.43. The van der Waals surface area contributed by atoms with E-state index in [1.807, 2.05) is 19.1 Å². The molecule has 3 N–H and O–H groups in total. The molecule has 0 aliphatic rings. The highest BCUT2D eigenvalue weighted by atomic mass is 32.1. The average Bonchev–Trinajstić information content (AvgIpc) is 3.13. The molecule has 0 aliphatic carbocycles. The second-order valence-corrected chi connectivity index (χ2v) is 7.84. The molecular weight excluding hydrogens is 388 g/mol. The van der Waals surface area contributed by atoms with Gasteiger partial charge in [0.2, 0.25) is 0 Å². The molecule has 1 unspecified atom stereocenters. The van der Waals surface area contributed by atoms with Crippen molar-refractivity contribution in [1.29, 1.82) is 0 Å². The van der Waals surface area contributed by atoms with E-state index in [9.17, 15) is 9.59 Å². The maximum atomic E-state index is 12.2. The van der Waals surface area contributed by atoms with E-state index in [1.165, 1.54) is 4.88 Å². The molecule has 0 bridgehead atoms. The van der Waals surface area contributed by atoms with Crippen LogP contribution >= 0.6 is 11.3 Å². The normalized spacial score (nSPS) is 12.0. The molecule has 0 saturated heterocycles. The van der Waals surface area contributed by atoms with Crippen LogP contribution in [0.4, 0.5) is 5.82 Å². The van der Waals surface area contributed by atoms with Crippen LogP contribution in [0.3, 0.4) is 0 Å². The van der Waals surface area contributed by atoms with E-state index in [1.54, 1.807) is 30.4 Å². The number of carbonyl (C=O) groups excluding carboxylic acids is 1. The van der Waals surface area contributed by atoms with Crippen LogP contribution in [0.5, 0.6) is 0 Å². The van der Waals surface area contributed by atoms with E-state index < -0.39 is 17.9 Å². The van der Waals surface area contributed by atoms with Gasteiger partial charge in [-0.25, -0.2) is 14.8 Å². The Hall–Kier alpha value is -3.00. The van der Waals surface area contributed by atoms with Crippen molar-refractivity contribution >= 4 is 39.2 Å². The highest BCUT2D eigenvalue weighted by molar-refractivity contribution is 7.18. The lowest BCUT2D eigenvalue weighted by Gasteiger charge is -2.12. The Morgan fingerprint density at radius 1 is 1.17 bits per heavy atom. The Morgan fingerprint density at radius 2 is 1.90 bits per heavy atom. The standard InChI is InChI=1S/C21H24N4O3S/c1-4-15-10-16-18(23-12(3)24-20(16)29-15)22-11-13-6-8-14(9-7-13)19(26)25-17(5-2)21(27)28/h6-10,17H,4-5,11H2,1-3H3,(H,25,26)(H,27,28)(H,22,23,24). The first-order valence-electron chi connectivity index (χ1n) is 9.54. The number of hydrogen-bond acceptors (Lipinski definition) is 6. The summed E-state index contributed by atoms with van der Waals surface area (Å²) in [6.07, 6.45) is 1.29. The number of hydrogen-bond donors (Lipinski definition) is 3. The van der Waals surface area contributed by atoms with Gasteiger partial charge in [0.05, 0.1) is 5.39 Å². The van der Waals surface area contributed by atoms with Crippen LogP contribution in [-0.4, -0.2) is 33.0 Å². The zero-order chi connectivity index (χ0) is 21.0. The molecule has 0 saturated carbocycles. The topological polar surface area (TPSA) is 104 Å². The highest BCUT2D eigenvalue weighted by Crippen LogP contribution is 2.29. The number of fused-ring (bicyclic) bond motifs is 1. The van der Waals surface area contributed by atoms with E-state index in [0.717, 1.165) is 33.8 Å². The molecule has 1 aromatic carbocycles. The number of aromatic nitrogens is 2. The van der Waals surface area contributed by atoms with E-state index in [0.29, 0.717) is 18.5 Å². The van der Waals surface area contributed by atoms with Crippen LogP contribution in [0.2, 0.25) is 0 Å². The summed E-state index contributed by atoms with van der Waals surface area (Å²) in [4.78, 5) is 34.6. The number of aliphatic carboxylic acids is 1. The minimum absolute atomic E-state index is 0.332. The predicted octanol–water partition coefficient (Wildman–Crippen LogP) is 3.77. The van der Waals surface area contributed by atoms with Crippen molar-refractivity contribution in [2.45, 2.75) is 46.2 Å². The number of carboxylic acid groups (broad SMARTS) is 1. The van der Waals surface area contributed by atoms with E-state index in [4.69, 9.17) is 5.11 Å². The number of amides is 1. The molecule has 7 nitrogen and oxygen atoms in total. The van der Waals surface area contributed by atoms with Crippen molar-refractivity contribution in [3.8, 4) is 0 Å². The molecule has 8 heteroatoms. The van der Waals surface area contributed by atoms with Crippen molar-refractivity contribution < 1.29 is 14.7 Å². The molecule has 2 aromatic heterocycles. The summed E-state index contributed by atoms with van der Waals surface area (Å²) in [6.45, 7) is 6.27. The third-order valence-electron chi connectivity index (χ3n) is 4.59. The van der Waals surface area contributed by atoms with Crippen molar-refractivity contribution in [2.75, 3.05) is 5.32 Å². The number of benzene rings is 1. The van der Waals surface area contributed by atoms with Gasteiger partial charge in [-0.2, -0.15) is 0 Å². The van der Waals surface area contributed by atoms with E-state index >= 15 is 0 Å². The first-order chi connectivity index (χ1) is 13.9. The molecule has 2 heterocycles. The monoisotopic (exact) mass is 412 g/mol. The maximum absolute atomic E-state index is 12.2. The first kappa shape index (κ1) is 20.7. The molecule has 0 fully saturated rings. The number of carbonyl (C=O) groups is 2. The van der Waals surface area contributed by atoms with Crippen molar-refractivity contribution in [3.63, 3.8) is 0 Å².